The summed E-state index contributed by atoms with van der Waals surface area (Å²) < 4.78 is 12.2. The van der Waals surface area contributed by atoms with Crippen LogP contribution in [0.5, 0.6) is 0 Å². The molecule has 0 aromatic carbocycles. The number of ether oxygens (including phenoxy) is 1. The van der Waals surface area contributed by atoms with E-state index in [0.717, 1.165) is 36.5 Å². The molecule has 0 saturated heterocycles. The minimum Gasteiger partial charge on any atom is -0.465 e. The van der Waals surface area contributed by atoms with Gasteiger partial charge in [-0.3, -0.25) is 4.79 Å². The van der Waals surface area contributed by atoms with Crippen molar-refractivity contribution >= 4 is 14.3 Å². The molecule has 2 unspecified atom stereocenters. The zero-order valence-corrected chi connectivity index (χ0v) is 17.7. The Morgan fingerprint density at radius 1 is 1.21 bits per heavy atom. The van der Waals surface area contributed by atoms with Gasteiger partial charge < -0.3 is 9.16 Å². The summed E-state index contributed by atoms with van der Waals surface area (Å²) >= 11 is 0. The van der Waals surface area contributed by atoms with Gasteiger partial charge >= 0.3 is 5.97 Å². The fourth-order valence-electron chi connectivity index (χ4n) is 3.13. The van der Waals surface area contributed by atoms with E-state index in [0.29, 0.717) is 13.0 Å². The largest absolute Gasteiger partial charge is 0.465 e. The first-order valence-corrected chi connectivity index (χ1v) is 11.9. The molecule has 4 heteroatoms. The highest BCUT2D eigenvalue weighted by Gasteiger charge is 2.45. The number of rotatable bonds is 13. The van der Waals surface area contributed by atoms with Crippen molar-refractivity contribution < 1.29 is 14.0 Å². The maximum Gasteiger partial charge on any atom is 0.314 e. The van der Waals surface area contributed by atoms with E-state index in [-0.39, 0.29) is 12.1 Å². The van der Waals surface area contributed by atoms with Crippen LogP contribution in [0.15, 0.2) is 24.8 Å². The van der Waals surface area contributed by atoms with Crippen molar-refractivity contribution in [1.82, 2.24) is 0 Å². The molecule has 0 radical (unpaired) electrons. The highest BCUT2D eigenvalue weighted by Crippen LogP contribution is 2.38. The van der Waals surface area contributed by atoms with Crippen LogP contribution in [0.3, 0.4) is 0 Å². The molecule has 0 saturated carbocycles. The van der Waals surface area contributed by atoms with Crippen molar-refractivity contribution in [2.45, 2.75) is 85.0 Å². The van der Waals surface area contributed by atoms with Gasteiger partial charge in [-0.1, -0.05) is 32.4 Å². The molecule has 3 nitrogen and oxygen atoms in total. The lowest BCUT2D eigenvalue weighted by Gasteiger charge is -2.41. The molecular formula is C20H38O3Si. The Kier molecular flexibility index (Phi) is 10.5. The maximum atomic E-state index is 12.7. The third kappa shape index (κ3) is 6.21. The molecule has 0 aliphatic heterocycles. The summed E-state index contributed by atoms with van der Waals surface area (Å²) in [7, 11) is -1.83. The molecule has 0 fully saturated rings. The molecule has 2 atom stereocenters. The summed E-state index contributed by atoms with van der Waals surface area (Å²) in [6.07, 6.45) is 3.87. The summed E-state index contributed by atoms with van der Waals surface area (Å²) in [5.41, 5.74) is 0.426. The van der Waals surface area contributed by atoms with Crippen LogP contribution in [-0.4, -0.2) is 27.0 Å². The molecule has 0 rings (SSSR count). The monoisotopic (exact) mass is 354 g/mol. The molecule has 0 aromatic rings. The molecular weight excluding hydrogens is 316 g/mol. The summed E-state index contributed by atoms with van der Waals surface area (Å²) in [5.74, 6) is -0.178. The quantitative estimate of drug-likeness (QED) is 0.235. The number of carbonyl (C=O) groups excluding carboxylic acids is 1. The van der Waals surface area contributed by atoms with Gasteiger partial charge in [0.25, 0.3) is 0 Å². The third-order valence-electron chi connectivity index (χ3n) is 5.18. The zero-order valence-electron chi connectivity index (χ0n) is 16.7. The van der Waals surface area contributed by atoms with Crippen LogP contribution in [0.2, 0.25) is 18.1 Å². The van der Waals surface area contributed by atoms with Gasteiger partial charge in [0.1, 0.15) is 0 Å². The lowest BCUT2D eigenvalue weighted by molar-refractivity contribution is -0.160. The highest BCUT2D eigenvalue weighted by atomic mass is 28.4. The second-order valence-electron chi connectivity index (χ2n) is 6.98. The Bertz CT molecular complexity index is 407. The number of carbonyl (C=O) groups is 1. The predicted octanol–water partition coefficient (Wildman–Crippen LogP) is 5.88. The van der Waals surface area contributed by atoms with E-state index < -0.39 is 13.7 Å². The van der Waals surface area contributed by atoms with Gasteiger partial charge in [0.2, 0.25) is 0 Å². The van der Waals surface area contributed by atoms with Gasteiger partial charge in [0.05, 0.1) is 18.1 Å². The van der Waals surface area contributed by atoms with E-state index in [1.165, 1.54) is 0 Å². The first-order valence-electron chi connectivity index (χ1n) is 9.35. The first kappa shape index (κ1) is 23.1. The molecule has 0 aromatic heterocycles. The maximum absolute atomic E-state index is 12.7. The second-order valence-corrected chi connectivity index (χ2v) is 11.7. The van der Waals surface area contributed by atoms with Gasteiger partial charge in [-0.05, 0) is 58.2 Å². The minimum absolute atomic E-state index is 0.155. The van der Waals surface area contributed by atoms with Crippen LogP contribution in [0.4, 0.5) is 0 Å². The van der Waals surface area contributed by atoms with Gasteiger partial charge in [-0.25, -0.2) is 0 Å². The number of hydrogen-bond donors (Lipinski definition) is 0. The van der Waals surface area contributed by atoms with Gasteiger partial charge in [0.15, 0.2) is 8.32 Å². The fourth-order valence-corrected chi connectivity index (χ4v) is 6.11. The van der Waals surface area contributed by atoms with E-state index in [1.807, 2.05) is 20.8 Å². The van der Waals surface area contributed by atoms with Crippen molar-refractivity contribution in [2.24, 2.45) is 5.41 Å². The van der Waals surface area contributed by atoms with E-state index in [1.54, 1.807) is 6.08 Å². The Hall–Kier alpha value is -0.873. The SMILES string of the molecule is C=CCC(C)(C(=O)OCC)C(CCC(=C)C)O[Si](CC)(CC)CC. The van der Waals surface area contributed by atoms with Gasteiger partial charge in [-0.15, -0.1) is 13.2 Å². The summed E-state index contributed by atoms with van der Waals surface area (Å²) in [6, 6.07) is 3.20. The Labute approximate surface area is 150 Å². The first-order chi connectivity index (χ1) is 11.2. The van der Waals surface area contributed by atoms with Crippen LogP contribution in [-0.2, 0) is 14.0 Å². The van der Waals surface area contributed by atoms with Crippen molar-refractivity contribution in [3.63, 3.8) is 0 Å². The molecule has 0 bridgehead atoms. The Balaban J connectivity index is 5.71. The molecule has 0 amide bonds. The molecule has 140 valence electrons. The number of esters is 1. The number of allylic oxidation sites excluding steroid dienone is 2. The molecule has 0 heterocycles. The highest BCUT2D eigenvalue weighted by molar-refractivity contribution is 6.73. The summed E-state index contributed by atoms with van der Waals surface area (Å²) in [4.78, 5) is 12.7. The van der Waals surface area contributed by atoms with E-state index in [4.69, 9.17) is 9.16 Å². The number of hydrogen-bond acceptors (Lipinski definition) is 3. The normalized spacial score (nSPS) is 15.4. The molecule has 0 aliphatic rings. The van der Waals surface area contributed by atoms with Crippen LogP contribution in [0.25, 0.3) is 0 Å². The minimum atomic E-state index is -1.83. The smallest absolute Gasteiger partial charge is 0.314 e. The Morgan fingerprint density at radius 2 is 1.75 bits per heavy atom. The summed E-state index contributed by atoms with van der Waals surface area (Å²) in [6.45, 7) is 20.7. The third-order valence-corrected chi connectivity index (χ3v) is 9.83. The zero-order chi connectivity index (χ0) is 18.8. The van der Waals surface area contributed by atoms with Gasteiger partial charge in [0, 0.05) is 0 Å². The lowest BCUT2D eigenvalue weighted by atomic mass is 9.78. The van der Waals surface area contributed by atoms with Crippen molar-refractivity contribution in [2.75, 3.05) is 6.61 Å². The predicted molar refractivity (Wildman–Crippen MR) is 106 cm³/mol. The van der Waals surface area contributed by atoms with E-state index in [2.05, 4.69) is 33.9 Å². The van der Waals surface area contributed by atoms with E-state index in [9.17, 15) is 4.79 Å². The molecule has 0 spiro atoms. The van der Waals surface area contributed by atoms with Crippen LogP contribution >= 0.6 is 0 Å². The fraction of sp³-hybridized carbons (Fsp3) is 0.750. The second kappa shape index (κ2) is 10.9. The van der Waals surface area contributed by atoms with Crippen LogP contribution in [0, 0.1) is 5.41 Å². The van der Waals surface area contributed by atoms with E-state index >= 15 is 0 Å². The standard InChI is InChI=1S/C20H38O3Si/c1-9-16-20(8,19(21)22-10-2)18(15-14-17(6)7)23-24(11-3,12-4)13-5/h9,18H,1,6,10-16H2,2-5,7-8H3. The lowest BCUT2D eigenvalue weighted by Crippen LogP contribution is -2.49. The topological polar surface area (TPSA) is 35.5 Å². The molecule has 0 aliphatic carbocycles. The van der Waals surface area contributed by atoms with Crippen molar-refractivity contribution in [3.8, 4) is 0 Å². The summed E-state index contributed by atoms with van der Waals surface area (Å²) in [5, 5.41) is 0. The average molecular weight is 355 g/mol. The van der Waals surface area contributed by atoms with Gasteiger partial charge in [-0.2, -0.15) is 0 Å². The van der Waals surface area contributed by atoms with Crippen molar-refractivity contribution in [3.05, 3.63) is 24.8 Å². The Morgan fingerprint density at radius 3 is 2.12 bits per heavy atom. The van der Waals surface area contributed by atoms with Crippen LogP contribution in [0.1, 0.15) is 60.8 Å². The average Bonchev–Trinajstić information content (AvgIpc) is 2.56. The molecule has 24 heavy (non-hydrogen) atoms. The van der Waals surface area contributed by atoms with Crippen LogP contribution < -0.4 is 0 Å². The van der Waals surface area contributed by atoms with Crippen molar-refractivity contribution in [1.29, 1.82) is 0 Å². The molecule has 0 N–H and O–H groups in total.